The van der Waals surface area contributed by atoms with Gasteiger partial charge in [0.25, 0.3) is 0 Å². The topological polar surface area (TPSA) is 72.5 Å². The Morgan fingerprint density at radius 2 is 1.31 bits per heavy atom. The smallest absolute Gasteiger partial charge is 0.338 e. The molecule has 0 amide bonds. The fraction of sp³-hybridized carbons (Fsp3) is 0.400. The van der Waals surface area contributed by atoms with Gasteiger partial charge in [0.2, 0.25) is 6.29 Å². The first-order chi connectivity index (χ1) is 15.6. The van der Waals surface area contributed by atoms with Crippen molar-refractivity contribution in [3.05, 3.63) is 71.8 Å². The lowest BCUT2D eigenvalue weighted by molar-refractivity contribution is -0.206. The molecule has 172 valence electrons. The Hall–Kier alpha value is -2.87. The minimum Gasteiger partial charge on any atom is -0.497 e. The number of rotatable bonds is 12. The van der Waals surface area contributed by atoms with Crippen LogP contribution < -0.4 is 9.47 Å². The highest BCUT2D eigenvalue weighted by Crippen LogP contribution is 2.23. The van der Waals surface area contributed by atoms with E-state index in [1.807, 2.05) is 48.5 Å². The van der Waals surface area contributed by atoms with Gasteiger partial charge < -0.3 is 28.4 Å². The summed E-state index contributed by atoms with van der Waals surface area (Å²) in [6.45, 7) is 5.57. The van der Waals surface area contributed by atoms with Crippen molar-refractivity contribution in [1.82, 2.24) is 0 Å². The van der Waals surface area contributed by atoms with Gasteiger partial charge in [-0.2, -0.15) is 0 Å². The molecule has 1 fully saturated rings. The Morgan fingerprint density at radius 1 is 0.812 bits per heavy atom. The molecule has 0 spiro atoms. The van der Waals surface area contributed by atoms with Gasteiger partial charge in [0.05, 0.1) is 45.7 Å². The number of ether oxygens (including phenoxy) is 6. The van der Waals surface area contributed by atoms with E-state index in [9.17, 15) is 4.79 Å². The van der Waals surface area contributed by atoms with E-state index >= 15 is 0 Å². The molecule has 7 nitrogen and oxygen atoms in total. The van der Waals surface area contributed by atoms with Gasteiger partial charge in [-0.05, 0) is 35.4 Å². The van der Waals surface area contributed by atoms with Crippen LogP contribution >= 0.6 is 0 Å². The molecule has 7 heteroatoms. The molecule has 0 bridgehead atoms. The third-order valence-electron chi connectivity index (χ3n) is 5.08. The third-order valence-corrected chi connectivity index (χ3v) is 5.08. The molecule has 1 aliphatic heterocycles. The van der Waals surface area contributed by atoms with Gasteiger partial charge in [0.1, 0.15) is 11.5 Å². The predicted molar refractivity (Wildman–Crippen MR) is 118 cm³/mol. The summed E-state index contributed by atoms with van der Waals surface area (Å²) in [4.78, 5) is 12.1. The fourth-order valence-electron chi connectivity index (χ4n) is 3.18. The standard InChI is InChI=1S/C25H30O7/c1-18-23(12-14-29-16-19-4-8-21(27-2)9-5-19)31-24(32-25(18)26)13-15-30-17-20-6-10-22(28-3)11-7-20/h4-11,23-24H,1,12-17H2,2-3H3. The average Bonchev–Trinajstić information content (AvgIpc) is 2.83. The van der Waals surface area contributed by atoms with E-state index < -0.39 is 18.4 Å². The van der Waals surface area contributed by atoms with Gasteiger partial charge in [-0.3, -0.25) is 0 Å². The lowest BCUT2D eigenvalue weighted by atomic mass is 10.1. The largest absolute Gasteiger partial charge is 0.497 e. The van der Waals surface area contributed by atoms with Crippen molar-refractivity contribution in [2.45, 2.75) is 38.4 Å². The number of cyclic esters (lactones) is 1. The maximum absolute atomic E-state index is 12.1. The molecule has 0 aromatic heterocycles. The van der Waals surface area contributed by atoms with Gasteiger partial charge in [0, 0.05) is 19.4 Å². The van der Waals surface area contributed by atoms with E-state index in [2.05, 4.69) is 6.58 Å². The lowest BCUT2D eigenvalue weighted by Crippen LogP contribution is -2.38. The van der Waals surface area contributed by atoms with E-state index in [1.54, 1.807) is 14.2 Å². The number of methoxy groups -OCH3 is 2. The van der Waals surface area contributed by atoms with Gasteiger partial charge in [0.15, 0.2) is 0 Å². The summed E-state index contributed by atoms with van der Waals surface area (Å²) in [5, 5.41) is 0. The SMILES string of the molecule is C=C1C(=O)OC(CCOCc2ccc(OC)cc2)OC1CCOCc1ccc(OC)cc1. The highest BCUT2D eigenvalue weighted by molar-refractivity contribution is 5.89. The summed E-state index contributed by atoms with van der Waals surface area (Å²) in [5.41, 5.74) is 2.39. The number of carbonyl (C=O) groups excluding carboxylic acids is 1. The Balaban J connectivity index is 1.36. The van der Waals surface area contributed by atoms with Crippen molar-refractivity contribution in [2.24, 2.45) is 0 Å². The van der Waals surface area contributed by atoms with Crippen LogP contribution in [-0.2, 0) is 37.0 Å². The Kier molecular flexibility index (Phi) is 9.10. The van der Waals surface area contributed by atoms with Crippen LogP contribution in [0, 0.1) is 0 Å². The van der Waals surface area contributed by atoms with E-state index in [0.717, 1.165) is 22.6 Å². The second-order valence-corrected chi connectivity index (χ2v) is 7.36. The normalized spacial score (nSPS) is 18.3. The molecule has 2 aromatic carbocycles. The summed E-state index contributed by atoms with van der Waals surface area (Å²) in [5.74, 6) is 1.17. The van der Waals surface area contributed by atoms with Gasteiger partial charge >= 0.3 is 5.97 Å². The van der Waals surface area contributed by atoms with Crippen LogP contribution in [0.2, 0.25) is 0 Å². The van der Waals surface area contributed by atoms with E-state index in [1.165, 1.54) is 0 Å². The Bertz CT molecular complexity index is 861. The maximum Gasteiger partial charge on any atom is 0.338 e. The first-order valence-corrected chi connectivity index (χ1v) is 10.6. The van der Waals surface area contributed by atoms with Crippen molar-refractivity contribution in [3.8, 4) is 11.5 Å². The van der Waals surface area contributed by atoms with Crippen LogP contribution in [0.5, 0.6) is 11.5 Å². The molecule has 0 N–H and O–H groups in total. The molecule has 2 unspecified atom stereocenters. The van der Waals surface area contributed by atoms with E-state index in [0.29, 0.717) is 44.8 Å². The van der Waals surface area contributed by atoms with Crippen LogP contribution in [0.1, 0.15) is 24.0 Å². The molecule has 0 radical (unpaired) electrons. The molecule has 3 rings (SSSR count). The first-order valence-electron chi connectivity index (χ1n) is 10.6. The fourth-order valence-corrected chi connectivity index (χ4v) is 3.18. The third kappa shape index (κ3) is 7.09. The molecule has 0 aliphatic carbocycles. The molecule has 32 heavy (non-hydrogen) atoms. The number of hydrogen-bond donors (Lipinski definition) is 0. The zero-order chi connectivity index (χ0) is 22.8. The minimum atomic E-state index is -0.657. The van der Waals surface area contributed by atoms with E-state index in [-0.39, 0.29) is 0 Å². The summed E-state index contributed by atoms with van der Waals surface area (Å²) < 4.78 is 32.9. The van der Waals surface area contributed by atoms with Crippen molar-refractivity contribution in [1.29, 1.82) is 0 Å². The second kappa shape index (κ2) is 12.2. The second-order valence-electron chi connectivity index (χ2n) is 7.36. The number of carbonyl (C=O) groups is 1. The Morgan fingerprint density at radius 3 is 1.81 bits per heavy atom. The first kappa shape index (κ1) is 23.8. The van der Waals surface area contributed by atoms with Crippen molar-refractivity contribution >= 4 is 5.97 Å². The molecule has 1 saturated heterocycles. The molecule has 2 atom stereocenters. The zero-order valence-electron chi connectivity index (χ0n) is 18.6. The zero-order valence-corrected chi connectivity index (χ0v) is 18.6. The highest BCUT2D eigenvalue weighted by Gasteiger charge is 2.32. The van der Waals surface area contributed by atoms with Crippen LogP contribution in [0.15, 0.2) is 60.7 Å². The molecule has 2 aromatic rings. The van der Waals surface area contributed by atoms with E-state index in [4.69, 9.17) is 28.4 Å². The van der Waals surface area contributed by atoms with Crippen LogP contribution in [0.3, 0.4) is 0 Å². The highest BCUT2D eigenvalue weighted by atomic mass is 16.7. The van der Waals surface area contributed by atoms with Gasteiger partial charge in [-0.1, -0.05) is 30.8 Å². The molecule has 0 saturated carbocycles. The van der Waals surface area contributed by atoms with Crippen LogP contribution in [0.4, 0.5) is 0 Å². The summed E-state index contributed by atoms with van der Waals surface area (Å²) in [7, 11) is 3.26. The van der Waals surface area contributed by atoms with Gasteiger partial charge in [-0.15, -0.1) is 0 Å². The maximum atomic E-state index is 12.1. The predicted octanol–water partition coefficient (Wildman–Crippen LogP) is 4.04. The average molecular weight is 443 g/mol. The van der Waals surface area contributed by atoms with Crippen molar-refractivity contribution < 1.29 is 33.2 Å². The summed E-state index contributed by atoms with van der Waals surface area (Å²) >= 11 is 0. The van der Waals surface area contributed by atoms with Crippen molar-refractivity contribution in [2.75, 3.05) is 27.4 Å². The molecular weight excluding hydrogens is 412 g/mol. The van der Waals surface area contributed by atoms with Gasteiger partial charge in [-0.25, -0.2) is 4.79 Å². The van der Waals surface area contributed by atoms with Crippen molar-refractivity contribution in [3.63, 3.8) is 0 Å². The number of hydrogen-bond acceptors (Lipinski definition) is 7. The molecular formula is C25H30O7. The molecule has 1 heterocycles. The number of esters is 1. The summed E-state index contributed by atoms with van der Waals surface area (Å²) in [6, 6.07) is 15.4. The Labute approximate surface area is 188 Å². The number of benzene rings is 2. The van der Waals surface area contributed by atoms with Crippen LogP contribution in [-0.4, -0.2) is 45.8 Å². The quantitative estimate of drug-likeness (QED) is 0.279. The lowest BCUT2D eigenvalue weighted by Gasteiger charge is -2.31. The monoisotopic (exact) mass is 442 g/mol. The molecule has 1 aliphatic rings. The minimum absolute atomic E-state index is 0.313. The van der Waals surface area contributed by atoms with Crippen LogP contribution in [0.25, 0.3) is 0 Å². The summed E-state index contributed by atoms with van der Waals surface area (Å²) in [6.07, 6.45) is -0.125.